The van der Waals surface area contributed by atoms with E-state index in [9.17, 15) is 4.79 Å². The molecule has 2 atom stereocenters. The van der Waals surface area contributed by atoms with Crippen LogP contribution in [0.25, 0.3) is 0 Å². The highest BCUT2D eigenvalue weighted by molar-refractivity contribution is 6.15. The number of fused-ring (bicyclic) bond motifs is 1. The highest BCUT2D eigenvalue weighted by atomic mass is 16.5. The molecule has 164 valence electrons. The minimum Gasteiger partial charge on any atom is -0.384 e. The van der Waals surface area contributed by atoms with Gasteiger partial charge in [0.2, 0.25) is 5.95 Å². The first-order valence-electron chi connectivity index (χ1n) is 10.8. The smallest absolute Gasteiger partial charge is 0.264 e. The number of rotatable bonds is 2. The topological polar surface area (TPSA) is 125 Å². The third-order valence-corrected chi connectivity index (χ3v) is 7.22. The number of nitrogen functional groups attached to an aromatic ring is 1. The third kappa shape index (κ3) is 3.06. The van der Waals surface area contributed by atoms with Crippen molar-refractivity contribution in [1.82, 2.24) is 14.5 Å². The van der Waals surface area contributed by atoms with Gasteiger partial charge in [-0.15, -0.1) is 0 Å². The van der Waals surface area contributed by atoms with Gasteiger partial charge < -0.3 is 21.1 Å². The monoisotopic (exact) mass is 423 g/mol. The van der Waals surface area contributed by atoms with Gasteiger partial charge in [-0.25, -0.2) is 9.97 Å². The second-order valence-electron chi connectivity index (χ2n) is 9.02. The lowest BCUT2D eigenvalue weighted by molar-refractivity contribution is 0.0973. The summed E-state index contributed by atoms with van der Waals surface area (Å²) in [6, 6.07) is 3.66. The largest absolute Gasteiger partial charge is 0.384 e. The molecule has 2 fully saturated rings. The molecule has 31 heavy (non-hydrogen) atoms. The van der Waals surface area contributed by atoms with Crippen molar-refractivity contribution in [3.8, 4) is 0 Å². The van der Waals surface area contributed by atoms with Crippen molar-refractivity contribution in [2.45, 2.75) is 45.4 Å². The lowest BCUT2D eigenvalue weighted by Crippen LogP contribution is -2.51. The van der Waals surface area contributed by atoms with E-state index in [-0.39, 0.29) is 23.1 Å². The van der Waals surface area contributed by atoms with Crippen molar-refractivity contribution in [2.75, 3.05) is 30.3 Å². The number of hydrogen-bond acceptors (Lipinski definition) is 8. The molecule has 0 saturated carbocycles. The fourth-order valence-electron chi connectivity index (χ4n) is 5.18. The van der Waals surface area contributed by atoms with Gasteiger partial charge in [0.15, 0.2) is 0 Å². The Bertz CT molecular complexity index is 1130. The van der Waals surface area contributed by atoms with Crippen LogP contribution in [0, 0.1) is 12.3 Å². The molecule has 4 N–H and O–H groups in total. The zero-order valence-corrected chi connectivity index (χ0v) is 18.3. The van der Waals surface area contributed by atoms with Crippen LogP contribution < -0.4 is 21.9 Å². The van der Waals surface area contributed by atoms with Crippen molar-refractivity contribution < 1.29 is 4.74 Å². The second kappa shape index (κ2) is 7.13. The molecule has 1 spiro atoms. The molecule has 0 aliphatic carbocycles. The maximum absolute atomic E-state index is 13.4. The molecule has 9 nitrogen and oxygen atoms in total. The molecule has 5 rings (SSSR count). The minimum atomic E-state index is -0.0812. The number of aromatic nitrogens is 3. The highest BCUT2D eigenvalue weighted by Crippen LogP contribution is 2.41. The van der Waals surface area contributed by atoms with E-state index < -0.39 is 0 Å². The lowest BCUT2D eigenvalue weighted by atomic mass is 9.73. The van der Waals surface area contributed by atoms with Crippen LogP contribution in [-0.2, 0) is 18.3 Å². The van der Waals surface area contributed by atoms with Crippen LogP contribution in [0.15, 0.2) is 21.9 Å². The Morgan fingerprint density at radius 3 is 2.61 bits per heavy atom. The summed E-state index contributed by atoms with van der Waals surface area (Å²) in [5, 5.41) is 0. The van der Waals surface area contributed by atoms with Gasteiger partial charge >= 0.3 is 0 Å². The van der Waals surface area contributed by atoms with Crippen molar-refractivity contribution in [3.63, 3.8) is 0 Å². The summed E-state index contributed by atoms with van der Waals surface area (Å²) < 4.78 is 7.48. The van der Waals surface area contributed by atoms with Crippen LogP contribution in [0.3, 0.4) is 0 Å². The summed E-state index contributed by atoms with van der Waals surface area (Å²) >= 11 is 0. The maximum atomic E-state index is 13.4. The van der Waals surface area contributed by atoms with Crippen molar-refractivity contribution in [3.05, 3.63) is 45.0 Å². The SMILES string of the molecule is Cc1nc(N)ccc1C1=NCc2nc(N3CCC4(CC3)CO[C@@H](C)[C@H]4N)n(C)c(=O)c21. The van der Waals surface area contributed by atoms with Gasteiger partial charge in [-0.3, -0.25) is 14.4 Å². The Kier molecular flexibility index (Phi) is 4.63. The predicted molar refractivity (Wildman–Crippen MR) is 119 cm³/mol. The number of piperidine rings is 1. The quantitative estimate of drug-likeness (QED) is 0.730. The Balaban J connectivity index is 1.44. The molecule has 0 radical (unpaired) electrons. The highest BCUT2D eigenvalue weighted by Gasteiger charge is 2.48. The summed E-state index contributed by atoms with van der Waals surface area (Å²) in [5.74, 6) is 1.15. The molecule has 0 unspecified atom stereocenters. The Labute approximate surface area is 181 Å². The Morgan fingerprint density at radius 2 is 1.97 bits per heavy atom. The molecule has 2 saturated heterocycles. The maximum Gasteiger partial charge on any atom is 0.264 e. The van der Waals surface area contributed by atoms with Crippen LogP contribution in [-0.4, -0.2) is 52.1 Å². The number of aliphatic imine (C=N–C) groups is 1. The molecule has 3 aliphatic heterocycles. The van der Waals surface area contributed by atoms with Crippen LogP contribution in [0.5, 0.6) is 0 Å². The average molecular weight is 424 g/mol. The summed E-state index contributed by atoms with van der Waals surface area (Å²) in [4.78, 5) is 29.4. The van der Waals surface area contributed by atoms with Gasteiger partial charge in [-0.05, 0) is 38.8 Å². The van der Waals surface area contributed by atoms with Gasteiger partial charge in [-0.2, -0.15) is 0 Å². The molecule has 2 aromatic rings. The van der Waals surface area contributed by atoms with Crippen LogP contribution in [0.1, 0.15) is 42.3 Å². The third-order valence-electron chi connectivity index (χ3n) is 7.22. The first-order valence-corrected chi connectivity index (χ1v) is 10.8. The number of anilines is 2. The van der Waals surface area contributed by atoms with Crippen molar-refractivity contribution >= 4 is 17.5 Å². The fraction of sp³-hybridized carbons (Fsp3) is 0.545. The summed E-state index contributed by atoms with van der Waals surface area (Å²) in [6.07, 6.45) is 1.96. The van der Waals surface area contributed by atoms with Gasteiger partial charge in [0, 0.05) is 42.9 Å². The van der Waals surface area contributed by atoms with Gasteiger partial charge in [-0.1, -0.05) is 0 Å². The van der Waals surface area contributed by atoms with Gasteiger partial charge in [0.1, 0.15) is 5.82 Å². The van der Waals surface area contributed by atoms with E-state index in [1.54, 1.807) is 17.7 Å². The molecule has 0 bridgehead atoms. The van der Waals surface area contributed by atoms with E-state index in [4.69, 9.17) is 21.2 Å². The molecule has 3 aliphatic rings. The zero-order chi connectivity index (χ0) is 21.9. The average Bonchev–Trinajstić information content (AvgIpc) is 3.29. The van der Waals surface area contributed by atoms with E-state index in [0.717, 1.165) is 42.9 Å². The molecule has 0 aromatic carbocycles. The van der Waals surface area contributed by atoms with Gasteiger partial charge in [0.25, 0.3) is 5.56 Å². The summed E-state index contributed by atoms with van der Waals surface area (Å²) in [7, 11) is 1.78. The van der Waals surface area contributed by atoms with Crippen LogP contribution >= 0.6 is 0 Å². The number of nitrogens with zero attached hydrogens (tertiary/aromatic N) is 5. The standard InChI is InChI=1S/C22H29N7O2/c1-12-14(4-5-16(23)26-12)18-17-15(10-25-18)27-21(28(3)20(17)30)29-8-6-22(7-9-29)11-31-13(2)19(22)24/h4-5,13,19H,6-11,24H2,1-3H3,(H2,23,26)/t13-,19+/m0/s1. The Hall–Kier alpha value is -2.78. The molecular weight excluding hydrogens is 394 g/mol. The molecule has 0 amide bonds. The Morgan fingerprint density at radius 1 is 1.23 bits per heavy atom. The number of aryl methyl sites for hydroxylation is 1. The summed E-state index contributed by atoms with van der Waals surface area (Å²) in [6.45, 7) is 6.64. The first kappa shape index (κ1) is 20.1. The predicted octanol–water partition coefficient (Wildman–Crippen LogP) is 0.750. The van der Waals surface area contributed by atoms with E-state index in [0.29, 0.717) is 36.2 Å². The van der Waals surface area contributed by atoms with E-state index in [2.05, 4.69) is 14.9 Å². The molecular formula is C22H29N7O2. The van der Waals surface area contributed by atoms with Crippen LogP contribution in [0.4, 0.5) is 11.8 Å². The first-order chi connectivity index (χ1) is 14.8. The number of hydrogen-bond donors (Lipinski definition) is 2. The molecule has 9 heteroatoms. The normalized spacial score (nSPS) is 24.5. The lowest BCUT2D eigenvalue weighted by Gasteiger charge is -2.41. The minimum absolute atomic E-state index is 0.0292. The second-order valence-corrected chi connectivity index (χ2v) is 9.02. The van der Waals surface area contributed by atoms with E-state index in [1.165, 1.54) is 0 Å². The van der Waals surface area contributed by atoms with Crippen molar-refractivity contribution in [1.29, 1.82) is 0 Å². The number of nitrogens with two attached hydrogens (primary N) is 2. The fourth-order valence-corrected chi connectivity index (χ4v) is 5.18. The van der Waals surface area contributed by atoms with E-state index in [1.807, 2.05) is 19.9 Å². The zero-order valence-electron chi connectivity index (χ0n) is 18.3. The van der Waals surface area contributed by atoms with Crippen LogP contribution in [0.2, 0.25) is 0 Å². The summed E-state index contributed by atoms with van der Waals surface area (Å²) in [5.41, 5.74) is 15.7. The van der Waals surface area contributed by atoms with Gasteiger partial charge in [0.05, 0.1) is 36.2 Å². The van der Waals surface area contributed by atoms with Crippen molar-refractivity contribution in [2.24, 2.45) is 23.2 Å². The van der Waals surface area contributed by atoms with E-state index >= 15 is 0 Å². The molecule has 2 aromatic heterocycles. The number of ether oxygens (including phenoxy) is 1. The number of pyridine rings is 1. The molecule has 5 heterocycles.